The van der Waals surface area contributed by atoms with Crippen molar-refractivity contribution in [2.45, 2.75) is 31.5 Å². The molecule has 1 unspecified atom stereocenters. The molecule has 0 spiro atoms. The molecule has 1 aliphatic heterocycles. The minimum atomic E-state index is -5.08. The van der Waals surface area contributed by atoms with Crippen LogP contribution in [0, 0.1) is 11.7 Å². The average Bonchev–Trinajstić information content (AvgIpc) is 2.60. The maximum atomic E-state index is 13.5. The number of carbonyl (C=O) groups is 2. The number of likely N-dealkylation sites (tertiary alicyclic amines) is 1. The quantitative estimate of drug-likeness (QED) is 0.658. The summed E-state index contributed by atoms with van der Waals surface area (Å²) in [5, 5.41) is 16.8. The van der Waals surface area contributed by atoms with Gasteiger partial charge in [0.05, 0.1) is 0 Å². The van der Waals surface area contributed by atoms with Crippen LogP contribution in [0.1, 0.15) is 18.4 Å². The Bertz CT molecular complexity index is 632. The predicted molar refractivity (Wildman–Crippen MR) is 88.2 cm³/mol. The molecule has 0 saturated carbocycles. The molecule has 1 aromatic carbocycles. The summed E-state index contributed by atoms with van der Waals surface area (Å²) >= 11 is 0. The summed E-state index contributed by atoms with van der Waals surface area (Å²) in [4.78, 5) is 22.1. The van der Waals surface area contributed by atoms with Crippen LogP contribution >= 0.6 is 0 Å². The molecule has 0 aromatic heterocycles. The van der Waals surface area contributed by atoms with Gasteiger partial charge in [0, 0.05) is 6.54 Å². The number of aliphatic hydroxyl groups is 1. The van der Waals surface area contributed by atoms with Crippen molar-refractivity contribution in [1.29, 1.82) is 0 Å². The van der Waals surface area contributed by atoms with Crippen LogP contribution in [-0.4, -0.2) is 58.9 Å². The zero-order valence-corrected chi connectivity index (χ0v) is 14.5. The highest BCUT2D eigenvalue weighted by atomic mass is 19.4. The second-order valence-corrected chi connectivity index (χ2v) is 6.17. The van der Waals surface area contributed by atoms with E-state index >= 15 is 0 Å². The summed E-state index contributed by atoms with van der Waals surface area (Å²) in [6.45, 7) is 2.41. The Labute approximate surface area is 153 Å². The van der Waals surface area contributed by atoms with Crippen LogP contribution in [0.5, 0.6) is 0 Å². The summed E-state index contributed by atoms with van der Waals surface area (Å²) in [6.07, 6.45) is -3.94. The smallest absolute Gasteiger partial charge is 0.475 e. The van der Waals surface area contributed by atoms with Crippen molar-refractivity contribution in [3.05, 3.63) is 35.6 Å². The minimum Gasteiger partial charge on any atom is -0.475 e. The number of benzene rings is 1. The largest absolute Gasteiger partial charge is 0.490 e. The van der Waals surface area contributed by atoms with Gasteiger partial charge in [-0.25, -0.2) is 9.18 Å². The van der Waals surface area contributed by atoms with Gasteiger partial charge in [0.25, 0.3) is 0 Å². The summed E-state index contributed by atoms with van der Waals surface area (Å²) in [5.74, 6) is -3.61. The van der Waals surface area contributed by atoms with Crippen LogP contribution in [0.25, 0.3) is 0 Å². The number of rotatable bonds is 5. The van der Waals surface area contributed by atoms with E-state index in [0.29, 0.717) is 6.42 Å². The molecule has 1 fully saturated rings. The van der Waals surface area contributed by atoms with Gasteiger partial charge in [0.1, 0.15) is 11.9 Å². The summed E-state index contributed by atoms with van der Waals surface area (Å²) < 4.78 is 45.2. The van der Waals surface area contributed by atoms with Crippen LogP contribution in [0.3, 0.4) is 0 Å². The van der Waals surface area contributed by atoms with Crippen molar-refractivity contribution in [3.63, 3.8) is 0 Å². The van der Waals surface area contributed by atoms with Gasteiger partial charge in [0.2, 0.25) is 5.91 Å². The van der Waals surface area contributed by atoms with E-state index in [9.17, 15) is 27.5 Å². The van der Waals surface area contributed by atoms with Gasteiger partial charge in [-0.3, -0.25) is 4.79 Å². The SMILES string of the molecule is NC(=O)C(O)C1CCN(CCc2ccccc2F)CC1.O=C(O)C(F)(F)F. The second-order valence-electron chi connectivity index (χ2n) is 6.17. The van der Waals surface area contributed by atoms with Crippen molar-refractivity contribution in [1.82, 2.24) is 4.90 Å². The summed E-state index contributed by atoms with van der Waals surface area (Å²) in [7, 11) is 0. The number of nitrogens with two attached hydrogens (primary N) is 1. The molecule has 1 saturated heterocycles. The Hall–Kier alpha value is -2.20. The van der Waals surface area contributed by atoms with Gasteiger partial charge in [-0.2, -0.15) is 13.2 Å². The Balaban J connectivity index is 0.000000445. The fourth-order valence-electron chi connectivity index (χ4n) is 2.70. The number of primary amides is 1. The van der Waals surface area contributed by atoms with E-state index in [2.05, 4.69) is 4.90 Å². The number of hydrogen-bond acceptors (Lipinski definition) is 4. The van der Waals surface area contributed by atoms with E-state index in [1.807, 2.05) is 6.07 Å². The molecule has 0 radical (unpaired) electrons. The molecule has 1 amide bonds. The molecular weight excluding hydrogens is 372 g/mol. The Morgan fingerprint density at radius 1 is 1.22 bits per heavy atom. The minimum absolute atomic E-state index is 0.0442. The highest BCUT2D eigenvalue weighted by Gasteiger charge is 2.38. The summed E-state index contributed by atoms with van der Waals surface area (Å²) in [5.41, 5.74) is 5.84. The van der Waals surface area contributed by atoms with Crippen molar-refractivity contribution >= 4 is 11.9 Å². The molecule has 0 aliphatic carbocycles. The van der Waals surface area contributed by atoms with Gasteiger partial charge in [-0.1, -0.05) is 18.2 Å². The van der Waals surface area contributed by atoms with Crippen molar-refractivity contribution in [3.8, 4) is 0 Å². The molecule has 0 bridgehead atoms. The van der Waals surface area contributed by atoms with Crippen molar-refractivity contribution in [2.75, 3.05) is 19.6 Å². The summed E-state index contributed by atoms with van der Waals surface area (Å²) in [6, 6.07) is 6.81. The second kappa shape index (κ2) is 10.2. The fourth-order valence-corrected chi connectivity index (χ4v) is 2.70. The molecule has 4 N–H and O–H groups in total. The van der Waals surface area contributed by atoms with E-state index in [0.717, 1.165) is 38.0 Å². The number of halogens is 4. The first kappa shape index (κ1) is 22.8. The zero-order chi connectivity index (χ0) is 20.6. The first-order chi connectivity index (χ1) is 12.5. The number of aliphatic hydroxyl groups excluding tert-OH is 1. The number of carboxylic acid groups (broad SMARTS) is 1. The lowest BCUT2D eigenvalue weighted by molar-refractivity contribution is -0.192. The molecule has 152 valence electrons. The number of carbonyl (C=O) groups excluding carboxylic acids is 1. The molecule has 27 heavy (non-hydrogen) atoms. The van der Waals surface area contributed by atoms with E-state index in [4.69, 9.17) is 15.6 Å². The number of nitrogens with zero attached hydrogens (tertiary/aromatic N) is 1. The zero-order valence-electron chi connectivity index (χ0n) is 14.5. The van der Waals surface area contributed by atoms with Crippen molar-refractivity contribution < 1.29 is 37.4 Å². The van der Waals surface area contributed by atoms with E-state index in [1.165, 1.54) is 6.07 Å². The van der Waals surface area contributed by atoms with Gasteiger partial charge in [-0.05, 0) is 49.9 Å². The highest BCUT2D eigenvalue weighted by Crippen LogP contribution is 2.21. The van der Waals surface area contributed by atoms with Crippen LogP contribution in [0.4, 0.5) is 17.6 Å². The van der Waals surface area contributed by atoms with Crippen molar-refractivity contribution in [2.24, 2.45) is 11.7 Å². The molecule has 10 heteroatoms. The number of alkyl halides is 3. The lowest BCUT2D eigenvalue weighted by Gasteiger charge is -2.33. The van der Waals surface area contributed by atoms with Crippen LogP contribution in [0.2, 0.25) is 0 Å². The number of aliphatic carboxylic acids is 1. The molecule has 2 rings (SSSR count). The average molecular weight is 394 g/mol. The Kier molecular flexibility index (Phi) is 8.64. The molecular formula is C17H22F4N2O4. The number of amides is 1. The highest BCUT2D eigenvalue weighted by molar-refractivity contribution is 5.78. The van der Waals surface area contributed by atoms with E-state index < -0.39 is 24.2 Å². The number of carboxylic acids is 1. The first-order valence-electron chi connectivity index (χ1n) is 8.25. The van der Waals surface area contributed by atoms with Gasteiger partial charge >= 0.3 is 12.1 Å². The number of piperidine rings is 1. The Morgan fingerprint density at radius 3 is 2.19 bits per heavy atom. The lowest BCUT2D eigenvalue weighted by Crippen LogP contribution is -2.43. The third-order valence-corrected chi connectivity index (χ3v) is 4.27. The third kappa shape index (κ3) is 7.92. The number of hydrogen-bond donors (Lipinski definition) is 3. The predicted octanol–water partition coefficient (Wildman–Crippen LogP) is 1.56. The monoisotopic (exact) mass is 394 g/mol. The van der Waals surface area contributed by atoms with Crippen LogP contribution in [-0.2, 0) is 16.0 Å². The molecule has 1 heterocycles. The van der Waals surface area contributed by atoms with E-state index in [-0.39, 0.29) is 11.7 Å². The lowest BCUT2D eigenvalue weighted by atomic mass is 9.91. The van der Waals surface area contributed by atoms with Gasteiger partial charge in [-0.15, -0.1) is 0 Å². The normalized spacial score (nSPS) is 16.9. The van der Waals surface area contributed by atoms with Gasteiger partial charge in [0.15, 0.2) is 0 Å². The molecule has 1 atom stereocenters. The molecule has 1 aromatic rings. The van der Waals surface area contributed by atoms with Crippen LogP contribution in [0.15, 0.2) is 24.3 Å². The van der Waals surface area contributed by atoms with Crippen LogP contribution < -0.4 is 5.73 Å². The standard InChI is InChI=1S/C15H21FN2O2.C2HF3O2/c16-13-4-2-1-3-11(13)5-8-18-9-6-12(7-10-18)14(19)15(17)20;3-2(4,5)1(6)7/h1-4,12,14,19H,5-10H2,(H2,17,20);(H,6,7). The Morgan fingerprint density at radius 2 is 1.74 bits per heavy atom. The third-order valence-electron chi connectivity index (χ3n) is 4.27. The topological polar surface area (TPSA) is 104 Å². The molecule has 1 aliphatic rings. The molecule has 6 nitrogen and oxygen atoms in total. The van der Waals surface area contributed by atoms with E-state index in [1.54, 1.807) is 12.1 Å². The maximum absolute atomic E-state index is 13.5. The van der Waals surface area contributed by atoms with Gasteiger partial charge < -0.3 is 20.8 Å². The fraction of sp³-hybridized carbons (Fsp3) is 0.529. The maximum Gasteiger partial charge on any atom is 0.490 e. The first-order valence-corrected chi connectivity index (χ1v) is 8.25.